The van der Waals surface area contributed by atoms with Crippen LogP contribution in [0.25, 0.3) is 0 Å². The highest BCUT2D eigenvalue weighted by Crippen LogP contribution is 2.30. The monoisotopic (exact) mass is 327 g/mol. The molecule has 1 fully saturated rings. The van der Waals surface area contributed by atoms with E-state index in [0.29, 0.717) is 6.04 Å². The Balaban J connectivity index is 1.79. The van der Waals surface area contributed by atoms with Crippen LogP contribution in [0.15, 0.2) is 33.6 Å². The first kappa shape index (κ1) is 14.4. The van der Waals surface area contributed by atoms with Crippen LogP contribution in [0.4, 0.5) is 0 Å². The van der Waals surface area contributed by atoms with E-state index in [4.69, 9.17) is 0 Å². The number of thioether (sulfide) groups is 1. The molecule has 0 heterocycles. The topological polar surface area (TPSA) is 12.0 Å². The zero-order chi connectivity index (χ0) is 12.8. The number of hydrogen-bond acceptors (Lipinski definition) is 2. The first-order valence-electron chi connectivity index (χ1n) is 6.83. The molecular formula is C15H22BrNS. The minimum absolute atomic E-state index is 0.650. The second-order valence-corrected chi connectivity index (χ2v) is 7.15. The van der Waals surface area contributed by atoms with E-state index in [9.17, 15) is 0 Å². The maximum Gasteiger partial charge on any atom is 0.0186 e. The molecule has 1 atom stereocenters. The van der Waals surface area contributed by atoms with Crippen LogP contribution in [0.5, 0.6) is 0 Å². The quantitative estimate of drug-likeness (QED) is 0.759. The summed E-state index contributed by atoms with van der Waals surface area (Å²) in [5.41, 5.74) is 0. The van der Waals surface area contributed by atoms with Crippen LogP contribution in [0, 0.1) is 5.92 Å². The van der Waals surface area contributed by atoms with Gasteiger partial charge >= 0.3 is 0 Å². The molecule has 1 nitrogen and oxygen atoms in total. The first-order chi connectivity index (χ1) is 8.78. The molecule has 3 heteroatoms. The molecule has 0 saturated heterocycles. The van der Waals surface area contributed by atoms with Crippen LogP contribution in [-0.4, -0.2) is 18.8 Å². The average molecular weight is 328 g/mol. The van der Waals surface area contributed by atoms with Crippen molar-refractivity contribution in [3.05, 3.63) is 28.7 Å². The molecule has 0 aromatic heterocycles. The Morgan fingerprint density at radius 1 is 1.39 bits per heavy atom. The highest BCUT2D eigenvalue weighted by atomic mass is 79.9. The Bertz CT molecular complexity index is 363. The van der Waals surface area contributed by atoms with Crippen molar-refractivity contribution < 1.29 is 0 Å². The fourth-order valence-electron chi connectivity index (χ4n) is 2.67. The molecule has 0 spiro atoms. The Morgan fingerprint density at radius 3 is 2.83 bits per heavy atom. The zero-order valence-electron chi connectivity index (χ0n) is 11.0. The van der Waals surface area contributed by atoms with Gasteiger partial charge in [0, 0.05) is 21.2 Å². The highest BCUT2D eigenvalue weighted by Gasteiger charge is 2.19. The average Bonchev–Trinajstić information content (AvgIpc) is 2.87. The van der Waals surface area contributed by atoms with Crippen LogP contribution < -0.4 is 5.32 Å². The van der Waals surface area contributed by atoms with Crippen molar-refractivity contribution in [2.75, 3.05) is 12.8 Å². The molecule has 1 aliphatic rings. The van der Waals surface area contributed by atoms with Gasteiger partial charge in [-0.25, -0.2) is 0 Å². The van der Waals surface area contributed by atoms with E-state index in [1.54, 1.807) is 0 Å². The van der Waals surface area contributed by atoms with E-state index >= 15 is 0 Å². The lowest BCUT2D eigenvalue weighted by atomic mass is 9.99. The standard InChI is InChI=1S/C15H22BrNS/c1-17-14(9-12-5-2-3-6-12)11-18-15-8-4-7-13(16)10-15/h4,7-8,10,12,14,17H,2-3,5-6,9,11H2,1H3. The van der Waals surface area contributed by atoms with Crippen LogP contribution >= 0.6 is 27.7 Å². The van der Waals surface area contributed by atoms with Gasteiger partial charge in [-0.15, -0.1) is 11.8 Å². The summed E-state index contributed by atoms with van der Waals surface area (Å²) in [4.78, 5) is 1.36. The minimum Gasteiger partial charge on any atom is -0.316 e. The lowest BCUT2D eigenvalue weighted by molar-refractivity contribution is 0.427. The molecule has 1 unspecified atom stereocenters. The highest BCUT2D eigenvalue weighted by molar-refractivity contribution is 9.10. The summed E-state index contributed by atoms with van der Waals surface area (Å²) in [6, 6.07) is 9.23. The number of halogens is 1. The Kier molecular flexibility index (Phi) is 6.06. The smallest absolute Gasteiger partial charge is 0.0186 e. The summed E-state index contributed by atoms with van der Waals surface area (Å²) in [6.07, 6.45) is 7.12. The summed E-state index contributed by atoms with van der Waals surface area (Å²) in [6.45, 7) is 0. The van der Waals surface area contributed by atoms with Crippen LogP contribution in [0.1, 0.15) is 32.1 Å². The van der Waals surface area contributed by atoms with Gasteiger partial charge in [0.05, 0.1) is 0 Å². The molecule has 1 saturated carbocycles. The molecule has 1 aliphatic carbocycles. The molecule has 0 aliphatic heterocycles. The SMILES string of the molecule is CNC(CSc1cccc(Br)c1)CC1CCCC1. The van der Waals surface area contributed by atoms with Crippen molar-refractivity contribution in [1.82, 2.24) is 5.32 Å². The van der Waals surface area contributed by atoms with E-state index in [-0.39, 0.29) is 0 Å². The second-order valence-electron chi connectivity index (χ2n) is 5.14. The minimum atomic E-state index is 0.650. The lowest BCUT2D eigenvalue weighted by Crippen LogP contribution is -2.29. The van der Waals surface area contributed by atoms with Crippen molar-refractivity contribution in [2.45, 2.75) is 43.0 Å². The largest absolute Gasteiger partial charge is 0.316 e. The summed E-state index contributed by atoms with van der Waals surface area (Å²) >= 11 is 5.49. The Labute approximate surface area is 123 Å². The third kappa shape index (κ3) is 4.60. The number of rotatable bonds is 6. The summed E-state index contributed by atoms with van der Waals surface area (Å²) in [5.74, 6) is 2.13. The Morgan fingerprint density at radius 2 is 2.17 bits per heavy atom. The molecule has 1 N–H and O–H groups in total. The van der Waals surface area contributed by atoms with Crippen molar-refractivity contribution in [3.8, 4) is 0 Å². The van der Waals surface area contributed by atoms with Gasteiger partial charge in [-0.1, -0.05) is 47.7 Å². The maximum atomic E-state index is 3.53. The molecule has 0 amide bonds. The lowest BCUT2D eigenvalue weighted by Gasteiger charge is -2.19. The molecule has 18 heavy (non-hydrogen) atoms. The third-order valence-corrected chi connectivity index (χ3v) is 5.40. The van der Waals surface area contributed by atoms with E-state index in [1.165, 1.54) is 47.2 Å². The molecule has 100 valence electrons. The third-order valence-electron chi connectivity index (χ3n) is 3.75. The molecule has 1 aromatic rings. The van der Waals surface area contributed by atoms with Crippen molar-refractivity contribution in [2.24, 2.45) is 5.92 Å². The number of nitrogens with one attached hydrogen (secondary N) is 1. The van der Waals surface area contributed by atoms with E-state index < -0.39 is 0 Å². The molecule has 0 radical (unpaired) electrons. The van der Waals surface area contributed by atoms with Gasteiger partial charge in [-0.2, -0.15) is 0 Å². The molecule has 1 aromatic carbocycles. The second kappa shape index (κ2) is 7.56. The van der Waals surface area contributed by atoms with Gasteiger partial charge in [0.1, 0.15) is 0 Å². The van der Waals surface area contributed by atoms with Gasteiger partial charge < -0.3 is 5.32 Å². The summed E-state index contributed by atoms with van der Waals surface area (Å²) < 4.78 is 1.17. The normalized spacial score (nSPS) is 18.1. The molecular weight excluding hydrogens is 306 g/mol. The predicted molar refractivity (Wildman–Crippen MR) is 84.3 cm³/mol. The maximum absolute atomic E-state index is 3.53. The van der Waals surface area contributed by atoms with Gasteiger partial charge in [0.25, 0.3) is 0 Å². The number of benzene rings is 1. The molecule has 2 rings (SSSR count). The fraction of sp³-hybridized carbons (Fsp3) is 0.600. The van der Waals surface area contributed by atoms with E-state index in [1.807, 2.05) is 11.8 Å². The van der Waals surface area contributed by atoms with Gasteiger partial charge in [0.15, 0.2) is 0 Å². The zero-order valence-corrected chi connectivity index (χ0v) is 13.4. The van der Waals surface area contributed by atoms with Gasteiger partial charge in [-0.05, 0) is 37.6 Å². The summed E-state index contributed by atoms with van der Waals surface area (Å²) in [5, 5.41) is 3.48. The van der Waals surface area contributed by atoms with Crippen LogP contribution in [-0.2, 0) is 0 Å². The number of hydrogen-bond donors (Lipinski definition) is 1. The van der Waals surface area contributed by atoms with Crippen molar-refractivity contribution in [1.29, 1.82) is 0 Å². The molecule has 0 bridgehead atoms. The fourth-order valence-corrected chi connectivity index (χ4v) is 4.30. The Hall–Kier alpha value is 0.01000. The van der Waals surface area contributed by atoms with Crippen molar-refractivity contribution >= 4 is 27.7 Å². The van der Waals surface area contributed by atoms with Gasteiger partial charge in [0.2, 0.25) is 0 Å². The van der Waals surface area contributed by atoms with Gasteiger partial charge in [-0.3, -0.25) is 0 Å². The van der Waals surface area contributed by atoms with Crippen LogP contribution in [0.2, 0.25) is 0 Å². The van der Waals surface area contributed by atoms with Crippen molar-refractivity contribution in [3.63, 3.8) is 0 Å². The summed E-state index contributed by atoms with van der Waals surface area (Å²) in [7, 11) is 2.10. The van der Waals surface area contributed by atoms with Crippen LogP contribution in [0.3, 0.4) is 0 Å². The van der Waals surface area contributed by atoms with E-state index in [0.717, 1.165) is 5.92 Å². The predicted octanol–water partition coefficient (Wildman–Crippen LogP) is 4.71. The van der Waals surface area contributed by atoms with E-state index in [2.05, 4.69) is 52.6 Å². The first-order valence-corrected chi connectivity index (χ1v) is 8.61.